The minimum absolute atomic E-state index is 0.303. The van der Waals surface area contributed by atoms with Gasteiger partial charge < -0.3 is 0 Å². The van der Waals surface area contributed by atoms with Crippen LogP contribution in [0.1, 0.15) is 10.4 Å². The molecule has 0 aliphatic carbocycles. The fourth-order valence-electron chi connectivity index (χ4n) is 2.22. The molecule has 1 N–H and O–H groups in total. The first-order valence-electron chi connectivity index (χ1n) is 6.50. The number of hydrogen-bond donors (Lipinski definition) is 1. The summed E-state index contributed by atoms with van der Waals surface area (Å²) in [5.41, 5.74) is 3.92. The van der Waals surface area contributed by atoms with E-state index < -0.39 is 0 Å². The quantitative estimate of drug-likeness (QED) is 0.502. The van der Waals surface area contributed by atoms with Gasteiger partial charge in [0.05, 0.1) is 20.4 Å². The fourth-order valence-corrected chi connectivity index (χ4v) is 4.45. The van der Waals surface area contributed by atoms with Gasteiger partial charge in [-0.1, -0.05) is 34.5 Å². The van der Waals surface area contributed by atoms with E-state index in [4.69, 9.17) is 23.2 Å². The van der Waals surface area contributed by atoms with E-state index in [1.54, 1.807) is 35.0 Å². The van der Waals surface area contributed by atoms with Crippen molar-refractivity contribution in [3.05, 3.63) is 51.5 Å². The molecule has 8 heteroatoms. The van der Waals surface area contributed by atoms with Crippen LogP contribution in [0, 0.1) is 0 Å². The van der Waals surface area contributed by atoms with Gasteiger partial charge in [0.15, 0.2) is 5.13 Å². The molecule has 114 valence electrons. The zero-order valence-electron chi connectivity index (χ0n) is 11.3. The molecule has 0 fully saturated rings. The van der Waals surface area contributed by atoms with E-state index in [0.717, 1.165) is 20.4 Å². The van der Waals surface area contributed by atoms with Gasteiger partial charge in [0, 0.05) is 15.6 Å². The molecule has 0 saturated heterocycles. The first-order chi connectivity index (χ1) is 11.1. The Bertz CT molecular complexity index is 1040. The van der Waals surface area contributed by atoms with Crippen LogP contribution in [0.3, 0.4) is 0 Å². The summed E-state index contributed by atoms with van der Waals surface area (Å²) in [7, 11) is 0. The Hall–Kier alpha value is -1.73. The standard InChI is InChI=1S/C15H7Cl2N3OS2/c16-8-3-7(4-9(17)5-8)14(21)20-15-19-10-1-2-11-12(13(10)23-15)18-6-22-11/h1-6H,(H,19,20,21). The largest absolute Gasteiger partial charge is 0.298 e. The van der Waals surface area contributed by atoms with Gasteiger partial charge in [-0.05, 0) is 30.3 Å². The van der Waals surface area contributed by atoms with Gasteiger partial charge in [-0.15, -0.1) is 11.3 Å². The first-order valence-corrected chi connectivity index (χ1v) is 8.95. The maximum atomic E-state index is 12.3. The molecule has 2 aromatic heterocycles. The number of aromatic nitrogens is 2. The number of rotatable bonds is 2. The number of thiazole rings is 2. The van der Waals surface area contributed by atoms with Crippen LogP contribution >= 0.6 is 45.9 Å². The molecule has 4 aromatic rings. The maximum absolute atomic E-state index is 12.3. The molecule has 0 aliphatic heterocycles. The second kappa shape index (κ2) is 5.72. The Morgan fingerprint density at radius 1 is 1.13 bits per heavy atom. The summed E-state index contributed by atoms with van der Waals surface area (Å²) in [6.45, 7) is 0. The van der Waals surface area contributed by atoms with E-state index in [9.17, 15) is 4.79 Å². The number of benzene rings is 2. The Kier molecular flexibility index (Phi) is 3.69. The summed E-state index contributed by atoms with van der Waals surface area (Å²) in [4.78, 5) is 21.1. The highest BCUT2D eigenvalue weighted by molar-refractivity contribution is 7.24. The van der Waals surface area contributed by atoms with Crippen LogP contribution in [0.5, 0.6) is 0 Å². The maximum Gasteiger partial charge on any atom is 0.257 e. The number of halogens is 2. The minimum atomic E-state index is -0.303. The van der Waals surface area contributed by atoms with Crippen molar-refractivity contribution in [1.82, 2.24) is 9.97 Å². The molecule has 0 radical (unpaired) electrons. The number of carbonyl (C=O) groups is 1. The molecule has 4 rings (SSSR count). The molecule has 1 amide bonds. The minimum Gasteiger partial charge on any atom is -0.298 e. The van der Waals surface area contributed by atoms with Crippen LogP contribution < -0.4 is 5.32 Å². The van der Waals surface area contributed by atoms with E-state index in [-0.39, 0.29) is 5.91 Å². The second-order valence-corrected chi connectivity index (χ2v) is 7.50. The second-order valence-electron chi connectivity index (χ2n) is 4.74. The molecular formula is C15H7Cl2N3OS2. The van der Waals surface area contributed by atoms with E-state index in [2.05, 4.69) is 15.3 Å². The van der Waals surface area contributed by atoms with Crippen molar-refractivity contribution in [3.8, 4) is 0 Å². The molecule has 0 saturated carbocycles. The highest BCUT2D eigenvalue weighted by Crippen LogP contribution is 2.33. The number of hydrogen-bond acceptors (Lipinski definition) is 5. The zero-order chi connectivity index (χ0) is 16.0. The van der Waals surface area contributed by atoms with Gasteiger partial charge in [-0.25, -0.2) is 9.97 Å². The van der Waals surface area contributed by atoms with Crippen molar-refractivity contribution in [1.29, 1.82) is 0 Å². The van der Waals surface area contributed by atoms with Gasteiger partial charge in [-0.3, -0.25) is 10.1 Å². The summed E-state index contributed by atoms with van der Waals surface area (Å²) in [5, 5.41) is 4.13. The van der Waals surface area contributed by atoms with Crippen LogP contribution in [0.25, 0.3) is 20.4 Å². The van der Waals surface area contributed by atoms with E-state index in [0.29, 0.717) is 20.7 Å². The van der Waals surface area contributed by atoms with Crippen LogP contribution in [0.4, 0.5) is 5.13 Å². The smallest absolute Gasteiger partial charge is 0.257 e. The summed E-state index contributed by atoms with van der Waals surface area (Å²) >= 11 is 14.8. The van der Waals surface area contributed by atoms with Crippen LogP contribution in [-0.4, -0.2) is 15.9 Å². The molecule has 4 nitrogen and oxygen atoms in total. The summed E-state index contributed by atoms with van der Waals surface area (Å²) < 4.78 is 2.06. The van der Waals surface area contributed by atoms with Crippen molar-refractivity contribution in [2.24, 2.45) is 0 Å². The highest BCUT2D eigenvalue weighted by atomic mass is 35.5. The summed E-state index contributed by atoms with van der Waals surface area (Å²) in [6.07, 6.45) is 0. The molecule has 2 heterocycles. The third kappa shape index (κ3) is 2.79. The predicted octanol–water partition coefficient (Wildman–Crippen LogP) is 5.47. The third-order valence-corrected chi connectivity index (χ3v) is 5.43. The average Bonchev–Trinajstić information content (AvgIpc) is 3.10. The van der Waals surface area contributed by atoms with Crippen molar-refractivity contribution in [3.63, 3.8) is 0 Å². The van der Waals surface area contributed by atoms with Gasteiger partial charge >= 0.3 is 0 Å². The Labute approximate surface area is 148 Å². The van der Waals surface area contributed by atoms with Crippen molar-refractivity contribution in [2.75, 3.05) is 5.32 Å². The Morgan fingerprint density at radius 2 is 1.91 bits per heavy atom. The van der Waals surface area contributed by atoms with E-state index in [1.165, 1.54) is 11.3 Å². The van der Waals surface area contributed by atoms with Crippen LogP contribution in [0.15, 0.2) is 35.8 Å². The number of carbonyl (C=O) groups excluding carboxylic acids is 1. The number of anilines is 1. The Morgan fingerprint density at radius 3 is 2.70 bits per heavy atom. The number of amides is 1. The van der Waals surface area contributed by atoms with Gasteiger partial charge in [0.2, 0.25) is 0 Å². The average molecular weight is 380 g/mol. The predicted molar refractivity (Wildman–Crippen MR) is 97.2 cm³/mol. The molecule has 2 aromatic carbocycles. The summed E-state index contributed by atoms with van der Waals surface area (Å²) in [6, 6.07) is 8.62. The number of nitrogens with one attached hydrogen (secondary N) is 1. The molecule has 0 aliphatic rings. The molecule has 0 bridgehead atoms. The molecule has 0 unspecified atom stereocenters. The van der Waals surface area contributed by atoms with Crippen molar-refractivity contribution in [2.45, 2.75) is 0 Å². The Balaban J connectivity index is 1.70. The normalized spacial score (nSPS) is 11.2. The lowest BCUT2D eigenvalue weighted by atomic mass is 10.2. The van der Waals surface area contributed by atoms with Crippen LogP contribution in [0.2, 0.25) is 10.0 Å². The first kappa shape index (κ1) is 14.8. The fraction of sp³-hybridized carbons (Fsp3) is 0. The third-order valence-electron chi connectivity index (χ3n) is 3.20. The highest BCUT2D eigenvalue weighted by Gasteiger charge is 2.13. The van der Waals surface area contributed by atoms with Gasteiger partial charge in [0.1, 0.15) is 5.52 Å². The molecule has 23 heavy (non-hydrogen) atoms. The molecule has 0 atom stereocenters. The van der Waals surface area contributed by atoms with Gasteiger partial charge in [0.25, 0.3) is 5.91 Å². The molecule has 0 spiro atoms. The molecular weight excluding hydrogens is 373 g/mol. The lowest BCUT2D eigenvalue weighted by Gasteiger charge is -2.02. The number of nitrogens with zero attached hydrogens (tertiary/aromatic N) is 2. The van der Waals surface area contributed by atoms with Gasteiger partial charge in [-0.2, -0.15) is 0 Å². The summed E-state index contributed by atoms with van der Waals surface area (Å²) in [5.74, 6) is -0.303. The monoisotopic (exact) mass is 379 g/mol. The lowest BCUT2D eigenvalue weighted by molar-refractivity contribution is 0.102. The van der Waals surface area contributed by atoms with Crippen molar-refractivity contribution < 1.29 is 4.79 Å². The zero-order valence-corrected chi connectivity index (χ0v) is 14.5. The van der Waals surface area contributed by atoms with E-state index >= 15 is 0 Å². The lowest BCUT2D eigenvalue weighted by Crippen LogP contribution is -2.11. The van der Waals surface area contributed by atoms with Crippen molar-refractivity contribution >= 4 is 77.3 Å². The number of fused-ring (bicyclic) bond motifs is 3. The topological polar surface area (TPSA) is 54.9 Å². The van der Waals surface area contributed by atoms with E-state index in [1.807, 2.05) is 12.1 Å². The SMILES string of the molecule is O=C(Nc1nc2ccc3scnc3c2s1)c1cc(Cl)cc(Cl)c1. The van der Waals surface area contributed by atoms with Crippen LogP contribution in [-0.2, 0) is 0 Å².